The van der Waals surface area contributed by atoms with Gasteiger partial charge >= 0.3 is 0 Å². The minimum atomic E-state index is 0.267. The number of nitriles is 1. The summed E-state index contributed by atoms with van der Waals surface area (Å²) >= 11 is 6.83. The highest BCUT2D eigenvalue weighted by Crippen LogP contribution is 2.36. The van der Waals surface area contributed by atoms with Gasteiger partial charge in [0.25, 0.3) is 6.01 Å². The van der Waals surface area contributed by atoms with Gasteiger partial charge in [-0.2, -0.15) is 10.2 Å². The standard InChI is InChI=1S/C39H43ClN6O3/c1-5-6-12-45(4)24-32-18-34(40)38(20-37(32)47-25-29-17-28(21-41)22-42-23-29)48-26-31-8-7-9-33(27(31)2)30-10-11-36-35(19-30)43-39(49-36)46-15-13-44(3)14-16-46/h7-11,17-20,22-23H,5-6,12-16,24-26H2,1-4H3. The lowest BCUT2D eigenvalue weighted by Gasteiger charge is -2.31. The van der Waals surface area contributed by atoms with Crippen LogP contribution in [0.1, 0.15) is 47.6 Å². The molecule has 254 valence electrons. The lowest BCUT2D eigenvalue weighted by Crippen LogP contribution is -2.44. The quantitative estimate of drug-likeness (QED) is 0.123. The van der Waals surface area contributed by atoms with Crippen LogP contribution in [0.3, 0.4) is 0 Å². The van der Waals surface area contributed by atoms with Crippen LogP contribution in [0.25, 0.3) is 22.2 Å². The molecule has 3 aromatic carbocycles. The molecule has 3 heterocycles. The Morgan fingerprint density at radius 2 is 1.80 bits per heavy atom. The molecule has 5 aromatic rings. The molecule has 2 aromatic heterocycles. The van der Waals surface area contributed by atoms with Crippen molar-refractivity contribution in [1.82, 2.24) is 19.8 Å². The van der Waals surface area contributed by atoms with Gasteiger partial charge in [0, 0.05) is 62.3 Å². The average Bonchev–Trinajstić information content (AvgIpc) is 3.54. The maximum atomic E-state index is 9.30. The van der Waals surface area contributed by atoms with Gasteiger partial charge < -0.3 is 28.6 Å². The maximum Gasteiger partial charge on any atom is 0.298 e. The van der Waals surface area contributed by atoms with Crippen LogP contribution in [0.15, 0.2) is 71.4 Å². The molecule has 1 saturated heterocycles. The minimum absolute atomic E-state index is 0.267. The van der Waals surface area contributed by atoms with Crippen molar-refractivity contribution >= 4 is 28.7 Å². The van der Waals surface area contributed by atoms with Gasteiger partial charge in [0.2, 0.25) is 0 Å². The molecule has 0 N–H and O–H groups in total. The summed E-state index contributed by atoms with van der Waals surface area (Å²) in [5.41, 5.74) is 8.28. The summed E-state index contributed by atoms with van der Waals surface area (Å²) in [7, 11) is 4.24. The van der Waals surface area contributed by atoms with E-state index in [0.29, 0.717) is 41.3 Å². The number of rotatable bonds is 13. The number of piperazine rings is 1. The normalized spacial score (nSPS) is 13.6. The van der Waals surface area contributed by atoms with Crippen LogP contribution in [0, 0.1) is 18.3 Å². The Morgan fingerprint density at radius 1 is 0.980 bits per heavy atom. The molecule has 1 fully saturated rings. The van der Waals surface area contributed by atoms with Crippen LogP contribution >= 0.6 is 11.6 Å². The maximum absolute atomic E-state index is 9.30. The van der Waals surface area contributed by atoms with E-state index < -0.39 is 0 Å². The van der Waals surface area contributed by atoms with Gasteiger partial charge in [-0.3, -0.25) is 4.98 Å². The van der Waals surface area contributed by atoms with Gasteiger partial charge in [-0.1, -0.05) is 49.2 Å². The number of unbranched alkanes of at least 4 members (excludes halogenated alkanes) is 1. The molecule has 0 spiro atoms. The predicted octanol–water partition coefficient (Wildman–Crippen LogP) is 7.87. The first-order valence-corrected chi connectivity index (χ1v) is 17.2. The fraction of sp³-hybridized carbons (Fsp3) is 0.359. The first-order chi connectivity index (χ1) is 23.8. The van der Waals surface area contributed by atoms with E-state index in [1.165, 1.54) is 0 Å². The number of hydrogen-bond acceptors (Lipinski definition) is 9. The number of hydrogen-bond donors (Lipinski definition) is 0. The predicted molar refractivity (Wildman–Crippen MR) is 194 cm³/mol. The molecule has 0 radical (unpaired) electrons. The summed E-state index contributed by atoms with van der Waals surface area (Å²) in [6.07, 6.45) is 5.48. The lowest BCUT2D eigenvalue weighted by molar-refractivity contribution is 0.275. The number of likely N-dealkylation sites (N-methyl/N-ethyl adjacent to an activating group) is 1. The third-order valence-electron chi connectivity index (χ3n) is 9.06. The number of benzene rings is 3. The molecule has 1 aliphatic heterocycles. The number of oxazole rings is 1. The Balaban J connectivity index is 1.21. The molecule has 0 atom stereocenters. The van der Waals surface area contributed by atoms with Crippen LogP contribution in [0.4, 0.5) is 6.01 Å². The Labute approximate surface area is 293 Å². The van der Waals surface area contributed by atoms with E-state index in [-0.39, 0.29) is 6.61 Å². The Hall–Kier alpha value is -4.62. The van der Waals surface area contributed by atoms with Gasteiger partial charge in [-0.25, -0.2) is 0 Å². The third-order valence-corrected chi connectivity index (χ3v) is 9.35. The van der Waals surface area contributed by atoms with Crippen molar-refractivity contribution in [2.45, 2.75) is 46.4 Å². The highest BCUT2D eigenvalue weighted by molar-refractivity contribution is 6.32. The van der Waals surface area contributed by atoms with Gasteiger partial charge in [0.05, 0.1) is 10.6 Å². The topological polar surface area (TPSA) is 90.9 Å². The number of halogens is 1. The summed E-state index contributed by atoms with van der Waals surface area (Å²) < 4.78 is 18.8. The van der Waals surface area contributed by atoms with Gasteiger partial charge in [0.1, 0.15) is 36.3 Å². The van der Waals surface area contributed by atoms with Crippen molar-refractivity contribution < 1.29 is 13.9 Å². The molecule has 6 rings (SSSR count). The molecule has 0 aliphatic carbocycles. The minimum Gasteiger partial charge on any atom is -0.488 e. The second kappa shape index (κ2) is 15.7. The highest BCUT2D eigenvalue weighted by atomic mass is 35.5. The fourth-order valence-electron chi connectivity index (χ4n) is 6.05. The average molecular weight is 679 g/mol. The van der Waals surface area contributed by atoms with E-state index in [1.807, 2.05) is 18.2 Å². The largest absolute Gasteiger partial charge is 0.488 e. The SMILES string of the molecule is CCCCN(C)Cc1cc(Cl)c(OCc2cccc(-c3ccc4oc(N5CCN(C)CC5)nc4c3)c2C)cc1OCc1cncc(C#N)c1. The highest BCUT2D eigenvalue weighted by Gasteiger charge is 2.20. The van der Waals surface area contributed by atoms with Crippen molar-refractivity contribution in [1.29, 1.82) is 5.26 Å². The molecular weight excluding hydrogens is 636 g/mol. The number of pyridine rings is 1. The van der Waals surface area contributed by atoms with E-state index in [2.05, 4.69) is 84.0 Å². The zero-order chi connectivity index (χ0) is 34.3. The molecule has 0 unspecified atom stereocenters. The summed E-state index contributed by atoms with van der Waals surface area (Å²) in [6, 6.07) is 20.9. The zero-order valence-electron chi connectivity index (χ0n) is 28.7. The van der Waals surface area contributed by atoms with E-state index in [4.69, 9.17) is 30.5 Å². The molecule has 1 aliphatic rings. The first kappa shape index (κ1) is 34.3. The Kier molecular flexibility index (Phi) is 11.0. The van der Waals surface area contributed by atoms with Crippen LogP contribution in [0.5, 0.6) is 11.5 Å². The lowest BCUT2D eigenvalue weighted by atomic mass is 9.96. The van der Waals surface area contributed by atoms with Crippen molar-refractivity contribution in [3.8, 4) is 28.7 Å². The van der Waals surface area contributed by atoms with E-state index in [1.54, 1.807) is 18.5 Å². The molecule has 49 heavy (non-hydrogen) atoms. The van der Waals surface area contributed by atoms with Crippen LogP contribution in [0.2, 0.25) is 5.02 Å². The summed E-state index contributed by atoms with van der Waals surface area (Å²) in [5.74, 6) is 1.23. The summed E-state index contributed by atoms with van der Waals surface area (Å²) in [5, 5.41) is 9.83. The van der Waals surface area contributed by atoms with Crippen molar-refractivity contribution in [3.05, 3.63) is 99.8 Å². The second-order valence-electron chi connectivity index (χ2n) is 12.8. The smallest absolute Gasteiger partial charge is 0.298 e. The first-order valence-electron chi connectivity index (χ1n) is 16.8. The zero-order valence-corrected chi connectivity index (χ0v) is 29.5. The van der Waals surface area contributed by atoms with Crippen LogP contribution in [-0.4, -0.2) is 66.6 Å². The number of aromatic nitrogens is 2. The summed E-state index contributed by atoms with van der Waals surface area (Å²) in [6.45, 7) is 10.4. The van der Waals surface area contributed by atoms with E-state index >= 15 is 0 Å². The van der Waals surface area contributed by atoms with Crippen LogP contribution < -0.4 is 14.4 Å². The number of nitrogens with zero attached hydrogens (tertiary/aromatic N) is 6. The van der Waals surface area contributed by atoms with Gasteiger partial charge in [0.15, 0.2) is 5.58 Å². The van der Waals surface area contributed by atoms with Gasteiger partial charge in [-0.15, -0.1) is 0 Å². The van der Waals surface area contributed by atoms with Crippen LogP contribution in [-0.2, 0) is 19.8 Å². The van der Waals surface area contributed by atoms with Crippen molar-refractivity contribution in [2.75, 3.05) is 51.7 Å². The third kappa shape index (κ3) is 8.34. The van der Waals surface area contributed by atoms with Crippen molar-refractivity contribution in [2.24, 2.45) is 0 Å². The van der Waals surface area contributed by atoms with Crippen molar-refractivity contribution in [3.63, 3.8) is 0 Å². The number of ether oxygens (including phenoxy) is 2. The molecule has 9 nitrogen and oxygen atoms in total. The second-order valence-corrected chi connectivity index (χ2v) is 13.2. The molecule has 0 bridgehead atoms. The molecule has 0 saturated carbocycles. The number of anilines is 1. The molecule has 10 heteroatoms. The fourth-order valence-corrected chi connectivity index (χ4v) is 6.30. The Morgan fingerprint density at radius 3 is 2.59 bits per heavy atom. The molecule has 0 amide bonds. The monoisotopic (exact) mass is 678 g/mol. The van der Waals surface area contributed by atoms with E-state index in [9.17, 15) is 5.26 Å². The number of fused-ring (bicyclic) bond motifs is 1. The Bertz CT molecular complexity index is 1950. The van der Waals surface area contributed by atoms with E-state index in [0.717, 1.165) is 90.0 Å². The summed E-state index contributed by atoms with van der Waals surface area (Å²) in [4.78, 5) is 15.8. The van der Waals surface area contributed by atoms with Gasteiger partial charge in [-0.05, 0) is 80.5 Å². The molecular formula is C39H43ClN6O3.